The Bertz CT molecular complexity index is 966. The van der Waals surface area contributed by atoms with E-state index in [2.05, 4.69) is 15.1 Å². The molecule has 3 rings (SSSR count). The molecule has 0 bridgehead atoms. The summed E-state index contributed by atoms with van der Waals surface area (Å²) in [7, 11) is 0. The van der Waals surface area contributed by atoms with Crippen molar-refractivity contribution in [3.63, 3.8) is 0 Å². The fourth-order valence-corrected chi connectivity index (χ4v) is 3.36. The SMILES string of the molecule is CC(=O)OC[C@H]1O[C@@H](n2ncc3c(Cl)nc(Cl)nc32)[C@H](OC(C)=O)[C@@H]1OC(C)=O. The zero-order chi connectivity index (χ0) is 21.3. The van der Waals surface area contributed by atoms with E-state index in [0.717, 1.165) is 0 Å². The second kappa shape index (κ2) is 8.47. The lowest BCUT2D eigenvalue weighted by Crippen LogP contribution is -2.40. The van der Waals surface area contributed by atoms with Crippen LogP contribution in [0.25, 0.3) is 11.0 Å². The minimum Gasteiger partial charge on any atom is -0.463 e. The lowest BCUT2D eigenvalue weighted by atomic mass is 10.1. The maximum Gasteiger partial charge on any atom is 0.303 e. The van der Waals surface area contributed by atoms with Crippen LogP contribution in [0.2, 0.25) is 10.4 Å². The normalized spacial score (nSPS) is 23.8. The molecule has 3 heterocycles. The number of hydrogen-bond donors (Lipinski definition) is 0. The van der Waals surface area contributed by atoms with Gasteiger partial charge in [-0.3, -0.25) is 14.4 Å². The van der Waals surface area contributed by atoms with Crippen LogP contribution in [0.3, 0.4) is 0 Å². The number of aromatic nitrogens is 4. The highest BCUT2D eigenvalue weighted by atomic mass is 35.5. The first-order chi connectivity index (χ1) is 13.7. The maximum absolute atomic E-state index is 11.7. The summed E-state index contributed by atoms with van der Waals surface area (Å²) in [6.45, 7) is 3.37. The van der Waals surface area contributed by atoms with Gasteiger partial charge in [-0.2, -0.15) is 10.1 Å². The summed E-state index contributed by atoms with van der Waals surface area (Å²) >= 11 is 12.0. The van der Waals surface area contributed by atoms with Gasteiger partial charge in [0, 0.05) is 20.8 Å². The summed E-state index contributed by atoms with van der Waals surface area (Å²) < 4.78 is 22.8. The zero-order valence-electron chi connectivity index (χ0n) is 15.5. The lowest BCUT2D eigenvalue weighted by molar-refractivity contribution is -0.166. The topological polar surface area (TPSA) is 132 Å². The number of esters is 3. The summed E-state index contributed by atoms with van der Waals surface area (Å²) in [5.74, 6) is -1.84. The number of carbonyl (C=O) groups excluding carboxylic acids is 3. The maximum atomic E-state index is 11.7. The van der Waals surface area contributed by atoms with Gasteiger partial charge in [0.05, 0.1) is 11.6 Å². The first-order valence-electron chi connectivity index (χ1n) is 8.37. The predicted molar refractivity (Wildman–Crippen MR) is 97.0 cm³/mol. The Labute approximate surface area is 174 Å². The average molecular weight is 447 g/mol. The smallest absolute Gasteiger partial charge is 0.303 e. The molecule has 4 atom stereocenters. The fraction of sp³-hybridized carbons (Fsp3) is 0.500. The van der Waals surface area contributed by atoms with Crippen LogP contribution in [0.15, 0.2) is 6.20 Å². The first kappa shape index (κ1) is 21.2. The van der Waals surface area contributed by atoms with E-state index >= 15 is 0 Å². The van der Waals surface area contributed by atoms with Crippen LogP contribution < -0.4 is 0 Å². The highest BCUT2D eigenvalue weighted by molar-refractivity contribution is 6.35. The molecule has 0 amide bonds. The number of fused-ring (bicyclic) bond motifs is 1. The highest BCUT2D eigenvalue weighted by Gasteiger charge is 2.51. The van der Waals surface area contributed by atoms with Crippen molar-refractivity contribution in [3.05, 3.63) is 16.6 Å². The van der Waals surface area contributed by atoms with Crippen LogP contribution in [-0.4, -0.2) is 62.6 Å². The number of carbonyl (C=O) groups is 3. The molecule has 0 radical (unpaired) electrons. The lowest BCUT2D eigenvalue weighted by Gasteiger charge is -2.23. The highest BCUT2D eigenvalue weighted by Crippen LogP contribution is 2.36. The van der Waals surface area contributed by atoms with E-state index in [9.17, 15) is 14.4 Å². The summed E-state index contributed by atoms with van der Waals surface area (Å²) in [5, 5.41) is 4.51. The van der Waals surface area contributed by atoms with E-state index in [1.54, 1.807) is 0 Å². The third-order valence-electron chi connectivity index (χ3n) is 3.96. The Morgan fingerprint density at radius 3 is 2.34 bits per heavy atom. The molecule has 13 heteroatoms. The van der Waals surface area contributed by atoms with Crippen LogP contribution in [0.1, 0.15) is 27.0 Å². The zero-order valence-corrected chi connectivity index (χ0v) is 17.0. The van der Waals surface area contributed by atoms with E-state index in [-0.39, 0.29) is 22.7 Å². The Hall–Kier alpha value is -2.50. The van der Waals surface area contributed by atoms with Gasteiger partial charge >= 0.3 is 17.9 Å². The molecular formula is C16H16Cl2N4O7. The van der Waals surface area contributed by atoms with Crippen LogP contribution in [-0.2, 0) is 33.3 Å². The third kappa shape index (κ3) is 4.57. The largest absolute Gasteiger partial charge is 0.463 e. The van der Waals surface area contributed by atoms with Gasteiger partial charge in [-0.15, -0.1) is 0 Å². The Morgan fingerprint density at radius 2 is 1.72 bits per heavy atom. The molecule has 0 unspecified atom stereocenters. The molecule has 1 aliphatic rings. The number of rotatable bonds is 5. The Morgan fingerprint density at radius 1 is 1.07 bits per heavy atom. The van der Waals surface area contributed by atoms with Crippen molar-refractivity contribution in [1.29, 1.82) is 0 Å². The minimum absolute atomic E-state index is 0.0706. The van der Waals surface area contributed by atoms with Crippen LogP contribution >= 0.6 is 23.2 Å². The van der Waals surface area contributed by atoms with Crippen LogP contribution in [0, 0.1) is 0 Å². The van der Waals surface area contributed by atoms with Gasteiger partial charge in [-0.1, -0.05) is 11.6 Å². The van der Waals surface area contributed by atoms with Crippen molar-refractivity contribution in [2.24, 2.45) is 0 Å². The molecule has 0 N–H and O–H groups in total. The van der Waals surface area contributed by atoms with Crippen molar-refractivity contribution in [2.45, 2.75) is 45.3 Å². The summed E-state index contributed by atoms with van der Waals surface area (Å²) in [5.41, 5.74) is 0.215. The first-order valence-corrected chi connectivity index (χ1v) is 9.12. The number of hydrogen-bond acceptors (Lipinski definition) is 10. The Kier molecular flexibility index (Phi) is 6.20. The molecule has 29 heavy (non-hydrogen) atoms. The van der Waals surface area contributed by atoms with Crippen molar-refractivity contribution < 1.29 is 33.3 Å². The average Bonchev–Trinajstić information content (AvgIpc) is 3.15. The van der Waals surface area contributed by atoms with E-state index in [1.165, 1.54) is 31.6 Å². The summed E-state index contributed by atoms with van der Waals surface area (Å²) in [6.07, 6.45) is -2.77. The van der Waals surface area contributed by atoms with Gasteiger partial charge in [-0.25, -0.2) is 9.67 Å². The summed E-state index contributed by atoms with van der Waals surface area (Å²) in [4.78, 5) is 42.4. The molecular weight excluding hydrogens is 431 g/mol. The number of nitrogens with zero attached hydrogens (tertiary/aromatic N) is 4. The van der Waals surface area contributed by atoms with Gasteiger partial charge in [0.15, 0.2) is 24.1 Å². The third-order valence-corrected chi connectivity index (χ3v) is 4.42. The number of ether oxygens (including phenoxy) is 4. The van der Waals surface area contributed by atoms with Crippen LogP contribution in [0.4, 0.5) is 0 Å². The van der Waals surface area contributed by atoms with Crippen molar-refractivity contribution in [3.8, 4) is 0 Å². The van der Waals surface area contributed by atoms with E-state index in [1.807, 2.05) is 0 Å². The van der Waals surface area contributed by atoms with Gasteiger partial charge in [0.2, 0.25) is 5.28 Å². The Balaban J connectivity index is 2.04. The minimum atomic E-state index is -1.10. The molecule has 1 fully saturated rings. The van der Waals surface area contributed by atoms with Gasteiger partial charge < -0.3 is 18.9 Å². The molecule has 1 saturated heterocycles. The molecule has 0 spiro atoms. The van der Waals surface area contributed by atoms with Crippen LogP contribution in [0.5, 0.6) is 0 Å². The van der Waals surface area contributed by atoms with E-state index in [0.29, 0.717) is 5.39 Å². The van der Waals surface area contributed by atoms with Crippen molar-refractivity contribution in [2.75, 3.05) is 6.61 Å². The molecule has 0 aliphatic carbocycles. The monoisotopic (exact) mass is 446 g/mol. The second-order valence-electron chi connectivity index (χ2n) is 6.13. The quantitative estimate of drug-likeness (QED) is 0.287. The summed E-state index contributed by atoms with van der Waals surface area (Å²) in [6, 6.07) is 0. The number of halogens is 2. The molecule has 156 valence electrons. The van der Waals surface area contributed by atoms with E-state index in [4.69, 9.17) is 42.1 Å². The fourth-order valence-electron chi connectivity index (χ4n) is 2.94. The van der Waals surface area contributed by atoms with Gasteiger partial charge in [0.25, 0.3) is 0 Å². The van der Waals surface area contributed by atoms with E-state index < -0.39 is 42.4 Å². The molecule has 0 saturated carbocycles. The molecule has 1 aliphatic heterocycles. The molecule has 2 aromatic heterocycles. The second-order valence-corrected chi connectivity index (χ2v) is 6.82. The van der Waals surface area contributed by atoms with Gasteiger partial charge in [-0.05, 0) is 11.6 Å². The molecule has 2 aromatic rings. The standard InChI is InChI=1S/C16H16Cl2N4O7/c1-6(23)26-5-10-11(27-7(2)24)12(28-8(3)25)15(29-10)22-14-9(4-19-22)13(17)20-16(18)21-14/h4,10-12,15H,5H2,1-3H3/t10-,11-,12-,15-/m1/s1. The molecule has 0 aromatic carbocycles. The predicted octanol–water partition coefficient (Wildman–Crippen LogP) is 1.46. The van der Waals surface area contributed by atoms with Gasteiger partial charge in [0.1, 0.15) is 17.9 Å². The molecule has 11 nitrogen and oxygen atoms in total. The van der Waals surface area contributed by atoms with Crippen molar-refractivity contribution in [1.82, 2.24) is 19.7 Å². The van der Waals surface area contributed by atoms with Crippen molar-refractivity contribution >= 4 is 52.1 Å².